The van der Waals surface area contributed by atoms with Gasteiger partial charge in [0, 0.05) is 0 Å². The SMILES string of the molecule is O=S1(=O)c2ccccc2C=Cc2ccc(/C=N/O)cc21. The molecule has 0 aliphatic carbocycles. The quantitative estimate of drug-likeness (QED) is 0.425. The zero-order valence-electron chi connectivity index (χ0n) is 10.4. The van der Waals surface area contributed by atoms with Gasteiger partial charge in [-0.25, -0.2) is 8.42 Å². The second-order valence-electron chi connectivity index (χ2n) is 4.42. The predicted octanol–water partition coefficient (Wildman–Crippen LogP) is 2.81. The van der Waals surface area contributed by atoms with E-state index in [2.05, 4.69) is 5.16 Å². The number of nitrogens with zero attached hydrogens (tertiary/aromatic N) is 1. The largest absolute Gasteiger partial charge is 0.411 e. The fourth-order valence-electron chi connectivity index (χ4n) is 2.23. The lowest BCUT2D eigenvalue weighted by Gasteiger charge is -2.08. The van der Waals surface area contributed by atoms with Crippen molar-refractivity contribution in [2.75, 3.05) is 0 Å². The smallest absolute Gasteiger partial charge is 0.207 e. The van der Waals surface area contributed by atoms with Crippen LogP contribution in [0.5, 0.6) is 0 Å². The number of hydrogen-bond acceptors (Lipinski definition) is 4. The molecule has 0 saturated heterocycles. The van der Waals surface area contributed by atoms with Crippen molar-refractivity contribution in [3.8, 4) is 0 Å². The number of benzene rings is 2. The first-order valence-corrected chi connectivity index (χ1v) is 7.45. The number of oxime groups is 1. The molecule has 0 atom stereocenters. The van der Waals surface area contributed by atoms with Crippen LogP contribution in [0.15, 0.2) is 57.4 Å². The standard InChI is InChI=1S/C15H11NO3S/c17-16-10-11-5-6-13-8-7-12-3-1-2-4-14(12)20(18,19)15(13)9-11/h1-10,17H/b16-10+. The average Bonchev–Trinajstić information content (AvgIpc) is 2.56. The fourth-order valence-corrected chi connectivity index (χ4v) is 3.91. The summed E-state index contributed by atoms with van der Waals surface area (Å²) in [5.41, 5.74) is 1.82. The summed E-state index contributed by atoms with van der Waals surface area (Å²) < 4.78 is 25.4. The Balaban J connectivity index is 2.33. The maximum absolute atomic E-state index is 12.7. The van der Waals surface area contributed by atoms with Gasteiger partial charge in [0.2, 0.25) is 9.84 Å². The van der Waals surface area contributed by atoms with Gasteiger partial charge in [-0.05, 0) is 28.8 Å². The average molecular weight is 285 g/mol. The highest BCUT2D eigenvalue weighted by atomic mass is 32.2. The van der Waals surface area contributed by atoms with Crippen molar-refractivity contribution in [1.82, 2.24) is 0 Å². The maximum Gasteiger partial charge on any atom is 0.207 e. The van der Waals surface area contributed by atoms with Crippen molar-refractivity contribution in [2.45, 2.75) is 9.79 Å². The van der Waals surface area contributed by atoms with Crippen LogP contribution in [-0.2, 0) is 9.84 Å². The van der Waals surface area contributed by atoms with E-state index in [-0.39, 0.29) is 9.79 Å². The van der Waals surface area contributed by atoms with Gasteiger partial charge in [-0.3, -0.25) is 0 Å². The molecule has 1 N–H and O–H groups in total. The van der Waals surface area contributed by atoms with Crippen LogP contribution < -0.4 is 0 Å². The van der Waals surface area contributed by atoms with Crippen LogP contribution in [0.25, 0.3) is 12.2 Å². The van der Waals surface area contributed by atoms with Crippen LogP contribution in [0.4, 0.5) is 0 Å². The third-order valence-electron chi connectivity index (χ3n) is 3.18. The van der Waals surface area contributed by atoms with Gasteiger partial charge in [0.15, 0.2) is 0 Å². The van der Waals surface area contributed by atoms with E-state index < -0.39 is 9.84 Å². The molecule has 20 heavy (non-hydrogen) atoms. The Hall–Kier alpha value is -2.40. The number of fused-ring (bicyclic) bond motifs is 2. The molecule has 2 aromatic carbocycles. The molecule has 0 amide bonds. The highest BCUT2D eigenvalue weighted by Crippen LogP contribution is 2.32. The van der Waals surface area contributed by atoms with Crippen molar-refractivity contribution in [1.29, 1.82) is 0 Å². The fraction of sp³-hybridized carbons (Fsp3) is 0. The lowest BCUT2D eigenvalue weighted by Crippen LogP contribution is -2.05. The van der Waals surface area contributed by atoms with Crippen molar-refractivity contribution < 1.29 is 13.6 Å². The van der Waals surface area contributed by atoms with E-state index in [1.807, 2.05) is 0 Å². The molecular formula is C15H11NO3S. The Labute approximate surface area is 116 Å². The van der Waals surface area contributed by atoms with E-state index in [9.17, 15) is 8.42 Å². The van der Waals surface area contributed by atoms with Crippen molar-refractivity contribution in [3.63, 3.8) is 0 Å². The molecule has 4 nitrogen and oxygen atoms in total. The third kappa shape index (κ3) is 1.92. The Kier molecular flexibility index (Phi) is 2.91. The normalized spacial score (nSPS) is 15.6. The Morgan fingerprint density at radius 1 is 0.950 bits per heavy atom. The molecule has 1 heterocycles. The Morgan fingerprint density at radius 3 is 2.40 bits per heavy atom. The number of sulfone groups is 1. The molecule has 0 fully saturated rings. The Bertz CT molecular complexity index is 836. The van der Waals surface area contributed by atoms with Crippen LogP contribution in [0.2, 0.25) is 0 Å². The molecule has 1 aliphatic heterocycles. The molecule has 100 valence electrons. The molecule has 5 heteroatoms. The Morgan fingerprint density at radius 2 is 1.65 bits per heavy atom. The third-order valence-corrected chi connectivity index (χ3v) is 5.07. The molecule has 0 saturated carbocycles. The van der Waals surface area contributed by atoms with Crippen LogP contribution in [-0.4, -0.2) is 19.8 Å². The van der Waals surface area contributed by atoms with E-state index in [0.29, 0.717) is 16.7 Å². The van der Waals surface area contributed by atoms with Gasteiger partial charge in [0.1, 0.15) is 0 Å². The maximum atomic E-state index is 12.7. The first-order valence-electron chi connectivity index (χ1n) is 5.96. The summed E-state index contributed by atoms with van der Waals surface area (Å²) in [6.07, 6.45) is 4.77. The molecule has 0 radical (unpaired) electrons. The summed E-state index contributed by atoms with van der Waals surface area (Å²) in [6.45, 7) is 0. The highest BCUT2D eigenvalue weighted by Gasteiger charge is 2.25. The van der Waals surface area contributed by atoms with E-state index in [1.165, 1.54) is 12.3 Å². The summed E-state index contributed by atoms with van der Waals surface area (Å²) >= 11 is 0. The summed E-state index contributed by atoms with van der Waals surface area (Å²) in [5, 5.41) is 11.5. The van der Waals surface area contributed by atoms with Gasteiger partial charge >= 0.3 is 0 Å². The first-order chi connectivity index (χ1) is 9.63. The number of rotatable bonds is 1. The molecule has 3 rings (SSSR count). The van der Waals surface area contributed by atoms with Crippen LogP contribution >= 0.6 is 0 Å². The minimum Gasteiger partial charge on any atom is -0.411 e. The molecule has 0 unspecified atom stereocenters. The molecule has 1 aliphatic rings. The van der Waals surface area contributed by atoms with Gasteiger partial charge in [-0.2, -0.15) is 0 Å². The van der Waals surface area contributed by atoms with Crippen molar-refractivity contribution in [3.05, 3.63) is 59.2 Å². The van der Waals surface area contributed by atoms with Crippen molar-refractivity contribution in [2.24, 2.45) is 5.16 Å². The minimum atomic E-state index is -3.58. The van der Waals surface area contributed by atoms with Gasteiger partial charge in [0.05, 0.1) is 16.0 Å². The van der Waals surface area contributed by atoms with Gasteiger partial charge < -0.3 is 5.21 Å². The summed E-state index contributed by atoms with van der Waals surface area (Å²) in [6, 6.07) is 11.8. The van der Waals surface area contributed by atoms with Gasteiger partial charge in [0.25, 0.3) is 0 Å². The molecule has 0 spiro atoms. The van der Waals surface area contributed by atoms with E-state index in [4.69, 9.17) is 5.21 Å². The zero-order valence-corrected chi connectivity index (χ0v) is 11.2. The molecule has 0 bridgehead atoms. The minimum absolute atomic E-state index is 0.219. The van der Waals surface area contributed by atoms with E-state index in [0.717, 1.165) is 0 Å². The topological polar surface area (TPSA) is 66.7 Å². The van der Waals surface area contributed by atoms with Crippen molar-refractivity contribution >= 4 is 28.2 Å². The summed E-state index contributed by atoms with van der Waals surface area (Å²) in [4.78, 5) is 0.504. The second-order valence-corrected chi connectivity index (χ2v) is 6.30. The second kappa shape index (κ2) is 4.61. The van der Waals surface area contributed by atoms with Crippen LogP contribution in [0.1, 0.15) is 16.7 Å². The van der Waals surface area contributed by atoms with E-state index >= 15 is 0 Å². The zero-order chi connectivity index (χ0) is 14.2. The lowest BCUT2D eigenvalue weighted by molar-refractivity contribution is 0.322. The van der Waals surface area contributed by atoms with Gasteiger partial charge in [-0.15, -0.1) is 0 Å². The lowest BCUT2D eigenvalue weighted by atomic mass is 10.1. The monoisotopic (exact) mass is 285 g/mol. The predicted molar refractivity (Wildman–Crippen MR) is 76.6 cm³/mol. The molecule has 2 aromatic rings. The summed E-state index contributed by atoms with van der Waals surface area (Å²) in [7, 11) is -3.58. The van der Waals surface area contributed by atoms with Crippen LogP contribution in [0, 0.1) is 0 Å². The molecular weight excluding hydrogens is 274 g/mol. The molecule has 0 aromatic heterocycles. The number of hydrogen-bond donors (Lipinski definition) is 1. The van der Waals surface area contributed by atoms with E-state index in [1.54, 1.807) is 48.6 Å². The summed E-state index contributed by atoms with van der Waals surface area (Å²) in [5.74, 6) is 0. The first kappa shape index (κ1) is 12.6. The highest BCUT2D eigenvalue weighted by molar-refractivity contribution is 7.91. The van der Waals surface area contributed by atoms with Gasteiger partial charge in [-0.1, -0.05) is 47.6 Å². The van der Waals surface area contributed by atoms with Crippen LogP contribution in [0.3, 0.4) is 0 Å².